The molecule has 0 radical (unpaired) electrons. The van der Waals surface area contributed by atoms with Gasteiger partial charge in [0.15, 0.2) is 0 Å². The predicted octanol–water partition coefficient (Wildman–Crippen LogP) is 1.11. The fourth-order valence-corrected chi connectivity index (χ4v) is 1.16. The fourth-order valence-electron chi connectivity index (χ4n) is 1.16. The van der Waals surface area contributed by atoms with Gasteiger partial charge in [-0.3, -0.25) is 16.0 Å². The smallest absolute Gasteiger partial charge is 0.203 e. The van der Waals surface area contributed by atoms with Crippen LogP contribution in [0.3, 0.4) is 0 Å². The molecule has 3 nitrogen and oxygen atoms in total. The molecule has 1 aliphatic heterocycles. The number of halogens is 4. The van der Waals surface area contributed by atoms with Crippen LogP contribution in [0.5, 0.6) is 0 Å². The van der Waals surface area contributed by atoms with Crippen molar-refractivity contribution in [2.24, 2.45) is 5.73 Å². The molecule has 0 spiro atoms. The summed E-state index contributed by atoms with van der Waals surface area (Å²) in [6.07, 6.45) is 1.08. The zero-order valence-corrected chi connectivity index (χ0v) is 9.69. The second-order valence-electron chi connectivity index (χ2n) is 2.59. The lowest BCUT2D eigenvalue weighted by atomic mass is 10.4. The van der Waals surface area contributed by atoms with Gasteiger partial charge in [-0.25, -0.2) is 4.39 Å². The third-order valence-electron chi connectivity index (χ3n) is 1.71. The fraction of sp³-hybridized carbons (Fsp3) is 1.00. The summed E-state index contributed by atoms with van der Waals surface area (Å²) in [7, 11) is 0. The zero-order valence-electron chi connectivity index (χ0n) is 7.24. The molecule has 1 saturated heterocycles. The predicted molar refractivity (Wildman–Crippen MR) is 59.6 cm³/mol. The molecule has 0 aliphatic carbocycles. The molecule has 3 N–H and O–H groups in total. The molecular formula is C6H17Cl3FN3. The molecule has 0 saturated carbocycles. The first-order chi connectivity index (χ1) is 4.79. The molecule has 84 valence electrons. The van der Waals surface area contributed by atoms with Crippen LogP contribution < -0.4 is 11.1 Å². The minimum absolute atomic E-state index is 0. The number of nitrogens with zero attached hydrogens (tertiary/aromatic N) is 1. The van der Waals surface area contributed by atoms with Gasteiger partial charge in [0.25, 0.3) is 0 Å². The van der Waals surface area contributed by atoms with Gasteiger partial charge in [-0.1, -0.05) is 0 Å². The van der Waals surface area contributed by atoms with E-state index >= 15 is 0 Å². The highest BCUT2D eigenvalue weighted by molar-refractivity contribution is 5.86. The highest BCUT2D eigenvalue weighted by Gasteiger charge is 2.10. The topological polar surface area (TPSA) is 41.3 Å². The quantitative estimate of drug-likeness (QED) is 0.587. The van der Waals surface area contributed by atoms with Crippen molar-refractivity contribution in [1.82, 2.24) is 10.2 Å². The molecule has 13 heavy (non-hydrogen) atoms. The summed E-state index contributed by atoms with van der Waals surface area (Å²) in [5.41, 5.74) is 4.87. The van der Waals surface area contributed by atoms with Crippen molar-refractivity contribution in [3.8, 4) is 0 Å². The Hall–Kier alpha value is 0.680. The van der Waals surface area contributed by atoms with E-state index in [1.54, 1.807) is 0 Å². The van der Waals surface area contributed by atoms with E-state index in [1.165, 1.54) is 12.8 Å². The van der Waals surface area contributed by atoms with E-state index in [2.05, 4.69) is 10.2 Å². The summed E-state index contributed by atoms with van der Waals surface area (Å²) in [6, 6.07) is 0. The molecule has 1 fully saturated rings. The maximum absolute atomic E-state index is 12.0. The zero-order chi connectivity index (χ0) is 7.40. The SMILES string of the molecule is Cl.Cl.Cl.NC(F)NCN1CCCC1. The first kappa shape index (κ1) is 19.3. The summed E-state index contributed by atoms with van der Waals surface area (Å²) in [5.74, 6) is 0. The summed E-state index contributed by atoms with van der Waals surface area (Å²) in [4.78, 5) is 2.15. The Morgan fingerprint density at radius 1 is 1.23 bits per heavy atom. The van der Waals surface area contributed by atoms with Crippen LogP contribution in [0.4, 0.5) is 4.39 Å². The van der Waals surface area contributed by atoms with Crippen LogP contribution in [-0.2, 0) is 0 Å². The van der Waals surface area contributed by atoms with Crippen molar-refractivity contribution in [1.29, 1.82) is 0 Å². The Morgan fingerprint density at radius 3 is 2.08 bits per heavy atom. The lowest BCUT2D eigenvalue weighted by Gasteiger charge is -2.15. The minimum atomic E-state index is -1.37. The summed E-state index contributed by atoms with van der Waals surface area (Å²) >= 11 is 0. The molecule has 1 unspecified atom stereocenters. The molecule has 1 rings (SSSR count). The number of likely N-dealkylation sites (tertiary alicyclic amines) is 1. The second-order valence-corrected chi connectivity index (χ2v) is 2.59. The van der Waals surface area contributed by atoms with Gasteiger partial charge < -0.3 is 0 Å². The van der Waals surface area contributed by atoms with Crippen molar-refractivity contribution in [2.45, 2.75) is 19.3 Å². The van der Waals surface area contributed by atoms with Gasteiger partial charge in [0, 0.05) is 0 Å². The van der Waals surface area contributed by atoms with Gasteiger partial charge in [-0.15, -0.1) is 37.2 Å². The van der Waals surface area contributed by atoms with Gasteiger partial charge >= 0.3 is 0 Å². The van der Waals surface area contributed by atoms with Crippen LogP contribution in [0.25, 0.3) is 0 Å². The van der Waals surface area contributed by atoms with Crippen LogP contribution in [0, 0.1) is 0 Å². The van der Waals surface area contributed by atoms with E-state index < -0.39 is 6.42 Å². The Balaban J connectivity index is -0.000000333. The van der Waals surface area contributed by atoms with Gasteiger partial charge in [0.2, 0.25) is 6.42 Å². The Bertz CT molecular complexity index is 101. The van der Waals surface area contributed by atoms with Crippen molar-refractivity contribution in [3.05, 3.63) is 0 Å². The molecule has 0 amide bonds. The number of rotatable bonds is 3. The van der Waals surface area contributed by atoms with E-state index in [0.29, 0.717) is 6.67 Å². The highest BCUT2D eigenvalue weighted by atomic mass is 35.5. The van der Waals surface area contributed by atoms with Crippen molar-refractivity contribution < 1.29 is 4.39 Å². The molecular weight excluding hydrogens is 239 g/mol. The van der Waals surface area contributed by atoms with Crippen LogP contribution in [0.1, 0.15) is 12.8 Å². The molecule has 0 aromatic heterocycles. The molecule has 1 heterocycles. The third kappa shape index (κ3) is 9.00. The third-order valence-corrected chi connectivity index (χ3v) is 1.71. The number of alkyl halides is 1. The van der Waals surface area contributed by atoms with Crippen molar-refractivity contribution in [3.63, 3.8) is 0 Å². The maximum Gasteiger partial charge on any atom is 0.203 e. The lowest BCUT2D eigenvalue weighted by Crippen LogP contribution is -2.40. The molecule has 1 aliphatic rings. The van der Waals surface area contributed by atoms with Gasteiger partial charge in [-0.05, 0) is 25.9 Å². The molecule has 0 aromatic rings. The largest absolute Gasteiger partial charge is 0.291 e. The van der Waals surface area contributed by atoms with E-state index in [1.807, 2.05) is 0 Å². The highest BCUT2D eigenvalue weighted by Crippen LogP contribution is 2.04. The normalized spacial score (nSPS) is 18.0. The standard InChI is InChI=1S/C6H14FN3.3ClH/c7-6(8)9-5-10-3-1-2-4-10;;;/h6,9H,1-5,8H2;3*1H. The number of hydrogen-bond donors (Lipinski definition) is 2. The summed E-state index contributed by atoms with van der Waals surface area (Å²) < 4.78 is 12.0. The van der Waals surface area contributed by atoms with Crippen LogP contribution in [-0.4, -0.2) is 31.1 Å². The monoisotopic (exact) mass is 255 g/mol. The number of nitrogens with one attached hydrogen (secondary N) is 1. The van der Waals surface area contributed by atoms with Crippen LogP contribution >= 0.6 is 37.2 Å². The minimum Gasteiger partial charge on any atom is -0.291 e. The van der Waals surface area contributed by atoms with Crippen molar-refractivity contribution in [2.75, 3.05) is 19.8 Å². The lowest BCUT2D eigenvalue weighted by molar-refractivity contribution is 0.216. The first-order valence-electron chi connectivity index (χ1n) is 3.64. The van der Waals surface area contributed by atoms with Crippen LogP contribution in [0.15, 0.2) is 0 Å². The molecule has 0 bridgehead atoms. The Labute approximate surface area is 96.8 Å². The van der Waals surface area contributed by atoms with Gasteiger partial charge in [0.05, 0.1) is 6.67 Å². The van der Waals surface area contributed by atoms with Crippen molar-refractivity contribution >= 4 is 37.2 Å². The number of nitrogens with two attached hydrogens (primary N) is 1. The van der Waals surface area contributed by atoms with Gasteiger partial charge in [-0.2, -0.15) is 0 Å². The first-order valence-corrected chi connectivity index (χ1v) is 3.64. The molecule has 1 atom stereocenters. The van der Waals surface area contributed by atoms with Crippen LogP contribution in [0.2, 0.25) is 0 Å². The second kappa shape index (κ2) is 10.8. The van der Waals surface area contributed by atoms with E-state index in [4.69, 9.17) is 5.73 Å². The average Bonchev–Trinajstić information content (AvgIpc) is 2.34. The summed E-state index contributed by atoms with van der Waals surface area (Å²) in [5, 5.41) is 2.52. The number of hydrogen-bond acceptors (Lipinski definition) is 3. The Morgan fingerprint density at radius 2 is 1.69 bits per heavy atom. The molecule has 7 heteroatoms. The average molecular weight is 257 g/mol. The van der Waals surface area contributed by atoms with E-state index in [9.17, 15) is 4.39 Å². The van der Waals surface area contributed by atoms with Gasteiger partial charge in [0.1, 0.15) is 0 Å². The summed E-state index contributed by atoms with van der Waals surface area (Å²) in [6.45, 7) is 2.72. The Kier molecular flexibility index (Phi) is 16.0. The van der Waals surface area contributed by atoms with E-state index in [-0.39, 0.29) is 37.2 Å². The molecule has 0 aromatic carbocycles. The van der Waals surface area contributed by atoms with E-state index in [0.717, 1.165) is 13.1 Å². The maximum atomic E-state index is 12.0.